The summed E-state index contributed by atoms with van der Waals surface area (Å²) in [4.78, 5) is 37.5. The van der Waals surface area contributed by atoms with E-state index in [2.05, 4.69) is 10.6 Å². The van der Waals surface area contributed by atoms with Crippen LogP contribution in [0.3, 0.4) is 0 Å². The number of nitrogens with one attached hydrogen (secondary N) is 2. The summed E-state index contributed by atoms with van der Waals surface area (Å²) in [6.45, 7) is 1.44. The summed E-state index contributed by atoms with van der Waals surface area (Å²) < 4.78 is 5.17. The zero-order valence-corrected chi connectivity index (χ0v) is 15.8. The molecule has 1 heterocycles. The molecule has 1 aliphatic rings. The maximum Gasteiger partial charge on any atom is 0.308 e. The van der Waals surface area contributed by atoms with E-state index >= 15 is 0 Å². The van der Waals surface area contributed by atoms with Crippen LogP contribution in [0.2, 0.25) is 0 Å². The fraction of sp³-hybridized carbons (Fsp3) is 0.200. The third-order valence-electron chi connectivity index (χ3n) is 4.04. The van der Waals surface area contributed by atoms with Gasteiger partial charge in [-0.3, -0.25) is 14.4 Å². The monoisotopic (exact) mass is 395 g/mol. The number of carbonyl (C=O) groups is 3. The molecule has 1 aliphatic heterocycles. The van der Waals surface area contributed by atoms with E-state index in [1.165, 1.54) is 18.7 Å². The zero-order chi connectivity index (χ0) is 20.1. The second-order valence-electron chi connectivity index (χ2n) is 6.07. The number of esters is 1. The minimum atomic E-state index is -1.07. The molecule has 0 saturated carbocycles. The summed E-state index contributed by atoms with van der Waals surface area (Å²) in [5, 5.41) is 13.8. The fourth-order valence-electron chi connectivity index (χ4n) is 2.60. The molecule has 0 aliphatic carbocycles. The van der Waals surface area contributed by atoms with Gasteiger partial charge in [0.15, 0.2) is 6.10 Å². The Morgan fingerprint density at radius 1 is 1.25 bits per heavy atom. The van der Waals surface area contributed by atoms with Gasteiger partial charge in [-0.05, 0) is 31.2 Å². The topological polar surface area (TPSA) is 108 Å². The van der Waals surface area contributed by atoms with Gasteiger partial charge in [-0.2, -0.15) is 5.26 Å². The normalized spacial score (nSPS) is 16.1. The number of rotatable bonds is 5. The smallest absolute Gasteiger partial charge is 0.308 e. The first kappa shape index (κ1) is 19.5. The Kier molecular flexibility index (Phi) is 5.96. The van der Waals surface area contributed by atoms with E-state index in [1.54, 1.807) is 30.3 Å². The first-order valence-electron chi connectivity index (χ1n) is 8.54. The number of thioether (sulfide) groups is 1. The minimum Gasteiger partial charge on any atom is -0.452 e. The Balaban J connectivity index is 1.56. The number of fused-ring (bicyclic) bond motifs is 1. The summed E-state index contributed by atoms with van der Waals surface area (Å²) in [6, 6.07) is 15.8. The summed E-state index contributed by atoms with van der Waals surface area (Å²) in [7, 11) is 0. The van der Waals surface area contributed by atoms with Crippen molar-refractivity contribution in [1.82, 2.24) is 0 Å². The number of ether oxygens (including phenoxy) is 1. The van der Waals surface area contributed by atoms with Crippen molar-refractivity contribution in [3.05, 3.63) is 54.1 Å². The number of carbonyl (C=O) groups excluding carboxylic acids is 3. The molecule has 2 aromatic rings. The Morgan fingerprint density at radius 2 is 1.96 bits per heavy atom. The number of amides is 2. The van der Waals surface area contributed by atoms with Crippen LogP contribution in [0.4, 0.5) is 11.4 Å². The summed E-state index contributed by atoms with van der Waals surface area (Å²) in [6.07, 6.45) is -1.22. The van der Waals surface area contributed by atoms with Crippen molar-refractivity contribution >= 4 is 40.9 Å². The summed E-state index contributed by atoms with van der Waals surface area (Å²) in [5.74, 6) is -1.48. The van der Waals surface area contributed by atoms with Crippen molar-refractivity contribution in [2.24, 2.45) is 0 Å². The summed E-state index contributed by atoms with van der Waals surface area (Å²) in [5.41, 5.74) is 1.37. The van der Waals surface area contributed by atoms with Crippen LogP contribution in [0.5, 0.6) is 0 Å². The van der Waals surface area contributed by atoms with Crippen molar-refractivity contribution in [2.75, 3.05) is 10.6 Å². The number of para-hydroxylation sites is 2. The van der Waals surface area contributed by atoms with Crippen molar-refractivity contribution in [1.29, 1.82) is 5.26 Å². The molecule has 3 rings (SSSR count). The third-order valence-corrected chi connectivity index (χ3v) is 5.32. The van der Waals surface area contributed by atoms with E-state index in [9.17, 15) is 14.4 Å². The van der Waals surface area contributed by atoms with Crippen LogP contribution in [-0.2, 0) is 19.1 Å². The standard InChI is InChI=1S/C20H17N3O4S/c1-12(19(25)22-14-7-3-2-6-13(14)11-21)27-18(24)10-17-20(26)23-15-8-4-5-9-16(15)28-17/h2-9,12,17H,10H2,1H3,(H,22,25)(H,23,26). The SMILES string of the molecule is CC(OC(=O)CC1Sc2ccccc2NC1=O)C(=O)Nc1ccccc1C#N. The lowest BCUT2D eigenvalue weighted by Crippen LogP contribution is -2.34. The molecule has 2 amide bonds. The maximum atomic E-state index is 12.3. The van der Waals surface area contributed by atoms with Gasteiger partial charge in [0.05, 0.1) is 28.6 Å². The first-order chi connectivity index (χ1) is 13.5. The quantitative estimate of drug-likeness (QED) is 0.754. The number of benzene rings is 2. The zero-order valence-electron chi connectivity index (χ0n) is 15.0. The summed E-state index contributed by atoms with van der Waals surface area (Å²) >= 11 is 1.29. The molecule has 142 valence electrons. The van der Waals surface area contributed by atoms with E-state index in [4.69, 9.17) is 10.00 Å². The molecule has 8 heteroatoms. The molecule has 2 unspecified atom stereocenters. The van der Waals surface area contributed by atoms with Crippen LogP contribution in [0.1, 0.15) is 18.9 Å². The van der Waals surface area contributed by atoms with Gasteiger partial charge in [0.25, 0.3) is 5.91 Å². The molecule has 0 fully saturated rings. The predicted octanol–water partition coefficient (Wildman–Crippen LogP) is 2.93. The number of anilines is 2. The van der Waals surface area contributed by atoms with Crippen LogP contribution in [0.15, 0.2) is 53.4 Å². The highest BCUT2D eigenvalue weighted by Crippen LogP contribution is 2.36. The number of hydrogen-bond acceptors (Lipinski definition) is 6. The molecular weight excluding hydrogens is 378 g/mol. The number of hydrogen-bond donors (Lipinski definition) is 2. The second kappa shape index (κ2) is 8.59. The molecule has 7 nitrogen and oxygen atoms in total. The van der Waals surface area contributed by atoms with Crippen LogP contribution in [0, 0.1) is 11.3 Å². The van der Waals surface area contributed by atoms with Gasteiger partial charge in [-0.15, -0.1) is 11.8 Å². The number of nitriles is 1. The lowest BCUT2D eigenvalue weighted by atomic mass is 10.2. The van der Waals surface area contributed by atoms with Gasteiger partial charge in [0.1, 0.15) is 6.07 Å². The third kappa shape index (κ3) is 4.50. The molecule has 0 spiro atoms. The lowest BCUT2D eigenvalue weighted by molar-refractivity contribution is -0.153. The molecule has 0 saturated heterocycles. The molecular formula is C20H17N3O4S. The first-order valence-corrected chi connectivity index (χ1v) is 9.42. The van der Waals surface area contributed by atoms with E-state index < -0.39 is 23.2 Å². The van der Waals surface area contributed by atoms with Gasteiger partial charge in [-0.1, -0.05) is 24.3 Å². The highest BCUT2D eigenvalue weighted by atomic mass is 32.2. The average Bonchev–Trinajstić information content (AvgIpc) is 2.68. The highest BCUT2D eigenvalue weighted by Gasteiger charge is 2.30. The molecule has 0 aromatic heterocycles. The molecule has 0 radical (unpaired) electrons. The van der Waals surface area contributed by atoms with Gasteiger partial charge < -0.3 is 15.4 Å². The van der Waals surface area contributed by atoms with Crippen LogP contribution in [-0.4, -0.2) is 29.1 Å². The van der Waals surface area contributed by atoms with E-state index in [0.717, 1.165) is 4.90 Å². The average molecular weight is 395 g/mol. The van der Waals surface area contributed by atoms with Gasteiger partial charge in [0.2, 0.25) is 5.91 Å². The Labute approximate surface area is 166 Å². The van der Waals surface area contributed by atoms with Crippen molar-refractivity contribution in [3.8, 4) is 6.07 Å². The lowest BCUT2D eigenvalue weighted by Gasteiger charge is -2.23. The van der Waals surface area contributed by atoms with Gasteiger partial charge in [-0.25, -0.2) is 0 Å². The van der Waals surface area contributed by atoms with Gasteiger partial charge >= 0.3 is 5.97 Å². The fourth-order valence-corrected chi connectivity index (χ4v) is 3.70. The van der Waals surface area contributed by atoms with E-state index in [0.29, 0.717) is 16.9 Å². The maximum absolute atomic E-state index is 12.3. The molecule has 2 aromatic carbocycles. The molecule has 2 N–H and O–H groups in total. The van der Waals surface area contributed by atoms with Crippen LogP contribution >= 0.6 is 11.8 Å². The van der Waals surface area contributed by atoms with Crippen LogP contribution in [0.25, 0.3) is 0 Å². The molecule has 0 bridgehead atoms. The largest absolute Gasteiger partial charge is 0.452 e. The Bertz CT molecular complexity index is 970. The minimum absolute atomic E-state index is 0.156. The highest BCUT2D eigenvalue weighted by molar-refractivity contribution is 8.01. The van der Waals surface area contributed by atoms with Crippen molar-refractivity contribution in [2.45, 2.75) is 29.6 Å². The molecule has 28 heavy (non-hydrogen) atoms. The van der Waals surface area contributed by atoms with Crippen LogP contribution < -0.4 is 10.6 Å². The van der Waals surface area contributed by atoms with Crippen molar-refractivity contribution in [3.63, 3.8) is 0 Å². The van der Waals surface area contributed by atoms with Crippen molar-refractivity contribution < 1.29 is 19.1 Å². The van der Waals surface area contributed by atoms with E-state index in [1.807, 2.05) is 24.3 Å². The Morgan fingerprint density at radius 3 is 2.75 bits per heavy atom. The van der Waals surface area contributed by atoms with E-state index in [-0.39, 0.29) is 12.3 Å². The van der Waals surface area contributed by atoms with Gasteiger partial charge in [0, 0.05) is 4.90 Å². The Hall–Kier alpha value is -3.31. The number of nitrogens with zero attached hydrogens (tertiary/aromatic N) is 1. The second-order valence-corrected chi connectivity index (χ2v) is 7.32. The predicted molar refractivity (Wildman–Crippen MR) is 105 cm³/mol. The molecule has 2 atom stereocenters.